The lowest BCUT2D eigenvalue weighted by atomic mass is 10.1. The van der Waals surface area contributed by atoms with Gasteiger partial charge in [-0.05, 0) is 24.6 Å². The molecule has 0 saturated carbocycles. The van der Waals surface area contributed by atoms with Crippen molar-refractivity contribution in [1.82, 2.24) is 9.80 Å². The van der Waals surface area contributed by atoms with Crippen LogP contribution in [0.3, 0.4) is 0 Å². The van der Waals surface area contributed by atoms with Crippen molar-refractivity contribution >= 4 is 23.2 Å². The van der Waals surface area contributed by atoms with E-state index in [4.69, 9.17) is 17.2 Å². The number of benzene rings is 1. The van der Waals surface area contributed by atoms with E-state index in [0.29, 0.717) is 36.6 Å². The molecule has 1 saturated heterocycles. The quantitative estimate of drug-likeness (QED) is 0.648. The van der Waals surface area contributed by atoms with Crippen LogP contribution < -0.4 is 17.2 Å². The Bertz CT molecular complexity index is 526. The van der Waals surface area contributed by atoms with Gasteiger partial charge in [0.05, 0.1) is 6.54 Å². The summed E-state index contributed by atoms with van der Waals surface area (Å²) in [6, 6.07) is 4.88. The maximum Gasteiger partial charge on any atom is 0.254 e. The van der Waals surface area contributed by atoms with E-state index < -0.39 is 0 Å². The number of amides is 2. The molecule has 1 aromatic rings. The summed E-state index contributed by atoms with van der Waals surface area (Å²) in [5.41, 5.74) is 18.1. The number of nitrogens with two attached hydrogens (primary N) is 3. The lowest BCUT2D eigenvalue weighted by Gasteiger charge is -2.21. The first kappa shape index (κ1) is 15.1. The zero-order chi connectivity index (χ0) is 15.4. The third kappa shape index (κ3) is 4.09. The van der Waals surface area contributed by atoms with E-state index >= 15 is 0 Å². The summed E-state index contributed by atoms with van der Waals surface area (Å²) in [5, 5.41) is 0. The molecule has 1 fully saturated rings. The summed E-state index contributed by atoms with van der Waals surface area (Å²) < 4.78 is 0. The molecule has 0 radical (unpaired) electrons. The minimum absolute atomic E-state index is 0.0880. The average Bonchev–Trinajstić information content (AvgIpc) is 2.61. The van der Waals surface area contributed by atoms with Crippen molar-refractivity contribution < 1.29 is 9.59 Å². The van der Waals surface area contributed by atoms with Gasteiger partial charge in [-0.25, -0.2) is 0 Å². The molecule has 1 aliphatic heterocycles. The average molecular weight is 291 g/mol. The summed E-state index contributed by atoms with van der Waals surface area (Å²) in [6.45, 7) is 2.81. The van der Waals surface area contributed by atoms with Crippen LogP contribution in [0.5, 0.6) is 0 Å². The van der Waals surface area contributed by atoms with E-state index in [-0.39, 0.29) is 18.4 Å². The Morgan fingerprint density at radius 3 is 2.29 bits per heavy atom. The highest BCUT2D eigenvalue weighted by Crippen LogP contribution is 2.16. The van der Waals surface area contributed by atoms with Crippen molar-refractivity contribution in [2.24, 2.45) is 5.73 Å². The number of hydrogen-bond donors (Lipinski definition) is 3. The zero-order valence-electron chi connectivity index (χ0n) is 11.9. The van der Waals surface area contributed by atoms with Crippen molar-refractivity contribution in [1.29, 1.82) is 0 Å². The fourth-order valence-electron chi connectivity index (χ4n) is 2.54. The normalized spacial score (nSPS) is 16.5. The highest BCUT2D eigenvalue weighted by Gasteiger charge is 2.21. The van der Waals surface area contributed by atoms with Gasteiger partial charge in [0.25, 0.3) is 5.91 Å². The minimum Gasteiger partial charge on any atom is -0.399 e. The Morgan fingerprint density at radius 2 is 1.67 bits per heavy atom. The molecule has 7 nitrogen and oxygen atoms in total. The number of carbonyl (C=O) groups excluding carboxylic acids is 2. The molecule has 0 atom stereocenters. The van der Waals surface area contributed by atoms with E-state index in [1.165, 1.54) is 0 Å². The van der Waals surface area contributed by atoms with Crippen LogP contribution in [0.2, 0.25) is 0 Å². The van der Waals surface area contributed by atoms with Gasteiger partial charge < -0.3 is 22.1 Å². The highest BCUT2D eigenvalue weighted by atomic mass is 16.2. The van der Waals surface area contributed by atoms with E-state index in [1.54, 1.807) is 23.1 Å². The molecule has 114 valence electrons. The zero-order valence-corrected chi connectivity index (χ0v) is 11.9. The maximum atomic E-state index is 12.5. The standard InChI is InChI=1S/C14H21N5O2/c15-11-6-10(7-12(16)8-11)14(21)19-3-1-2-18(4-5-19)9-13(17)20/h6-8H,1-5,9,15-16H2,(H2,17,20). The van der Waals surface area contributed by atoms with Gasteiger partial charge in [0, 0.05) is 43.1 Å². The first-order chi connectivity index (χ1) is 9.95. The van der Waals surface area contributed by atoms with Crippen LogP contribution in [-0.4, -0.2) is 54.3 Å². The summed E-state index contributed by atoms with van der Waals surface area (Å²) >= 11 is 0. The van der Waals surface area contributed by atoms with Gasteiger partial charge >= 0.3 is 0 Å². The van der Waals surface area contributed by atoms with Crippen LogP contribution in [0.25, 0.3) is 0 Å². The Morgan fingerprint density at radius 1 is 1.00 bits per heavy atom. The summed E-state index contributed by atoms with van der Waals surface area (Å²) in [5.74, 6) is -0.437. The molecule has 0 aromatic heterocycles. The monoisotopic (exact) mass is 291 g/mol. The highest BCUT2D eigenvalue weighted by molar-refractivity contribution is 5.96. The lowest BCUT2D eigenvalue weighted by molar-refractivity contribution is -0.119. The van der Waals surface area contributed by atoms with E-state index in [9.17, 15) is 9.59 Å². The predicted octanol–water partition coefficient (Wildman–Crippen LogP) is -0.516. The number of nitrogens with zero attached hydrogens (tertiary/aromatic N) is 2. The maximum absolute atomic E-state index is 12.5. The second-order valence-corrected chi connectivity index (χ2v) is 5.28. The number of rotatable bonds is 3. The number of carbonyl (C=O) groups is 2. The molecule has 7 heteroatoms. The molecule has 0 aliphatic carbocycles. The largest absolute Gasteiger partial charge is 0.399 e. The Labute approximate surface area is 123 Å². The topological polar surface area (TPSA) is 119 Å². The first-order valence-electron chi connectivity index (χ1n) is 6.91. The number of primary amides is 1. The Balaban J connectivity index is 2.04. The van der Waals surface area contributed by atoms with Gasteiger partial charge in [0.1, 0.15) is 0 Å². The second kappa shape index (κ2) is 6.45. The van der Waals surface area contributed by atoms with Gasteiger partial charge in [-0.2, -0.15) is 0 Å². The van der Waals surface area contributed by atoms with Gasteiger partial charge in [-0.15, -0.1) is 0 Å². The fraction of sp³-hybridized carbons (Fsp3) is 0.429. The molecule has 0 spiro atoms. The molecular weight excluding hydrogens is 270 g/mol. The van der Waals surface area contributed by atoms with Gasteiger partial charge in [0.2, 0.25) is 5.91 Å². The number of nitrogen functional groups attached to an aromatic ring is 2. The van der Waals surface area contributed by atoms with Gasteiger partial charge in [0.15, 0.2) is 0 Å². The molecule has 2 rings (SSSR count). The smallest absolute Gasteiger partial charge is 0.254 e. The van der Waals surface area contributed by atoms with Gasteiger partial charge in [-0.3, -0.25) is 14.5 Å². The predicted molar refractivity (Wildman–Crippen MR) is 81.4 cm³/mol. The van der Waals surface area contributed by atoms with Crippen molar-refractivity contribution in [2.45, 2.75) is 6.42 Å². The van der Waals surface area contributed by atoms with Crippen LogP contribution in [-0.2, 0) is 4.79 Å². The summed E-state index contributed by atoms with van der Waals surface area (Å²) in [4.78, 5) is 27.2. The number of anilines is 2. The Kier molecular flexibility index (Phi) is 4.64. The third-order valence-electron chi connectivity index (χ3n) is 3.48. The molecular formula is C14H21N5O2. The van der Waals surface area contributed by atoms with Crippen LogP contribution in [0, 0.1) is 0 Å². The second-order valence-electron chi connectivity index (χ2n) is 5.28. The van der Waals surface area contributed by atoms with Crippen molar-refractivity contribution in [3.63, 3.8) is 0 Å². The molecule has 1 aliphatic rings. The molecule has 2 amide bonds. The van der Waals surface area contributed by atoms with Gasteiger partial charge in [-0.1, -0.05) is 0 Å². The van der Waals surface area contributed by atoms with Crippen LogP contribution >= 0.6 is 0 Å². The van der Waals surface area contributed by atoms with Crippen molar-refractivity contribution in [3.8, 4) is 0 Å². The van der Waals surface area contributed by atoms with Crippen LogP contribution in [0.15, 0.2) is 18.2 Å². The lowest BCUT2D eigenvalue weighted by Crippen LogP contribution is -2.38. The minimum atomic E-state index is -0.349. The molecule has 1 heterocycles. The van der Waals surface area contributed by atoms with E-state index in [1.807, 2.05) is 4.90 Å². The SMILES string of the molecule is NC(=O)CN1CCCN(C(=O)c2cc(N)cc(N)c2)CC1. The molecule has 1 aromatic carbocycles. The van der Waals surface area contributed by atoms with E-state index in [0.717, 1.165) is 13.0 Å². The van der Waals surface area contributed by atoms with Crippen LogP contribution in [0.1, 0.15) is 16.8 Å². The summed E-state index contributed by atoms with van der Waals surface area (Å²) in [6.07, 6.45) is 0.802. The molecule has 0 unspecified atom stereocenters. The van der Waals surface area contributed by atoms with E-state index in [2.05, 4.69) is 0 Å². The molecule has 0 bridgehead atoms. The summed E-state index contributed by atoms with van der Waals surface area (Å²) in [7, 11) is 0. The third-order valence-corrected chi connectivity index (χ3v) is 3.48. The van der Waals surface area contributed by atoms with Crippen molar-refractivity contribution in [3.05, 3.63) is 23.8 Å². The van der Waals surface area contributed by atoms with Crippen molar-refractivity contribution in [2.75, 3.05) is 44.2 Å². The fourth-order valence-corrected chi connectivity index (χ4v) is 2.54. The number of hydrogen-bond acceptors (Lipinski definition) is 5. The van der Waals surface area contributed by atoms with Crippen LogP contribution in [0.4, 0.5) is 11.4 Å². The molecule has 6 N–H and O–H groups in total. The Hall–Kier alpha value is -2.28. The first-order valence-corrected chi connectivity index (χ1v) is 6.91. The molecule has 21 heavy (non-hydrogen) atoms.